The molecule has 0 saturated carbocycles. The van der Waals surface area contributed by atoms with Gasteiger partial charge in [-0.25, -0.2) is 4.98 Å². The van der Waals surface area contributed by atoms with Crippen LogP contribution in [0.15, 0.2) is 6.07 Å². The summed E-state index contributed by atoms with van der Waals surface area (Å²) in [5.74, 6) is 1.95. The van der Waals surface area contributed by atoms with E-state index in [1.54, 1.807) is 7.11 Å². The Morgan fingerprint density at radius 1 is 1.53 bits per heavy atom. The normalized spacial score (nSPS) is 20.4. The fourth-order valence-corrected chi connectivity index (χ4v) is 2.21. The Balaban J connectivity index is 2.18. The Kier molecular flexibility index (Phi) is 3.78. The third-order valence-electron chi connectivity index (χ3n) is 3.16. The first-order chi connectivity index (χ1) is 8.22. The molecule has 0 aliphatic carbocycles. The predicted octanol–water partition coefficient (Wildman–Crippen LogP) is 0.969. The highest BCUT2D eigenvalue weighted by molar-refractivity contribution is 5.34. The molecule has 0 radical (unpaired) electrons. The Morgan fingerprint density at radius 3 is 3.06 bits per heavy atom. The third kappa shape index (κ3) is 2.85. The lowest BCUT2D eigenvalue weighted by Crippen LogP contribution is -2.39. The minimum absolute atomic E-state index is 0.554. The van der Waals surface area contributed by atoms with Crippen molar-refractivity contribution in [2.45, 2.75) is 19.8 Å². The van der Waals surface area contributed by atoms with E-state index in [9.17, 15) is 0 Å². The van der Waals surface area contributed by atoms with Crippen LogP contribution in [0.2, 0.25) is 0 Å². The van der Waals surface area contributed by atoms with Crippen LogP contribution in [0.3, 0.4) is 0 Å². The molecule has 2 heterocycles. The van der Waals surface area contributed by atoms with Crippen molar-refractivity contribution in [2.24, 2.45) is 11.7 Å². The Morgan fingerprint density at radius 2 is 2.35 bits per heavy atom. The van der Waals surface area contributed by atoms with Crippen LogP contribution in [0.25, 0.3) is 0 Å². The highest BCUT2D eigenvalue weighted by atomic mass is 16.5. The van der Waals surface area contributed by atoms with Crippen molar-refractivity contribution in [1.82, 2.24) is 9.97 Å². The van der Waals surface area contributed by atoms with E-state index in [1.807, 2.05) is 13.0 Å². The first-order valence-electron chi connectivity index (χ1n) is 6.07. The first-order valence-corrected chi connectivity index (χ1v) is 6.07. The molecule has 0 aromatic carbocycles. The summed E-state index contributed by atoms with van der Waals surface area (Å²) in [6.07, 6.45) is 2.36. The van der Waals surface area contributed by atoms with E-state index in [0.29, 0.717) is 11.8 Å². The molecule has 17 heavy (non-hydrogen) atoms. The van der Waals surface area contributed by atoms with Crippen LogP contribution < -0.4 is 15.4 Å². The number of nitrogens with zero attached hydrogens (tertiary/aromatic N) is 3. The number of aromatic nitrogens is 2. The van der Waals surface area contributed by atoms with Crippen LogP contribution in [0.1, 0.15) is 18.5 Å². The van der Waals surface area contributed by atoms with Gasteiger partial charge in [-0.15, -0.1) is 0 Å². The standard InChI is InChI=1S/C12H20N4O/c1-9-6-11(17-2)15-12(14-9)16-5-3-4-10(7-13)8-16/h6,10H,3-5,7-8,13H2,1-2H3. The average molecular weight is 236 g/mol. The smallest absolute Gasteiger partial charge is 0.228 e. The number of aryl methyl sites for hydroxylation is 1. The van der Waals surface area contributed by atoms with Crippen LogP contribution >= 0.6 is 0 Å². The van der Waals surface area contributed by atoms with E-state index in [1.165, 1.54) is 6.42 Å². The molecule has 1 atom stereocenters. The van der Waals surface area contributed by atoms with E-state index in [0.717, 1.165) is 37.7 Å². The molecule has 1 aliphatic heterocycles. The molecule has 1 fully saturated rings. The molecule has 0 bridgehead atoms. The highest BCUT2D eigenvalue weighted by Gasteiger charge is 2.21. The predicted molar refractivity (Wildman–Crippen MR) is 67.3 cm³/mol. The minimum atomic E-state index is 0.554. The molecular weight excluding hydrogens is 216 g/mol. The van der Waals surface area contributed by atoms with Gasteiger partial charge in [0.2, 0.25) is 11.8 Å². The first kappa shape index (κ1) is 12.1. The molecule has 2 rings (SSSR count). The van der Waals surface area contributed by atoms with Crippen LogP contribution in [0.5, 0.6) is 5.88 Å². The lowest BCUT2D eigenvalue weighted by molar-refractivity contribution is 0.390. The number of methoxy groups -OCH3 is 1. The van der Waals surface area contributed by atoms with Gasteiger partial charge in [0, 0.05) is 24.8 Å². The van der Waals surface area contributed by atoms with Crippen molar-refractivity contribution in [3.63, 3.8) is 0 Å². The maximum Gasteiger partial charge on any atom is 0.228 e. The fourth-order valence-electron chi connectivity index (χ4n) is 2.21. The SMILES string of the molecule is COc1cc(C)nc(N2CCCC(CN)C2)n1. The van der Waals surface area contributed by atoms with Crippen molar-refractivity contribution in [3.05, 3.63) is 11.8 Å². The number of ether oxygens (including phenoxy) is 1. The molecule has 1 unspecified atom stereocenters. The summed E-state index contributed by atoms with van der Waals surface area (Å²) in [7, 11) is 1.63. The van der Waals surface area contributed by atoms with Gasteiger partial charge >= 0.3 is 0 Å². The Hall–Kier alpha value is -1.36. The average Bonchev–Trinajstić information content (AvgIpc) is 2.38. The van der Waals surface area contributed by atoms with Crippen molar-refractivity contribution in [2.75, 3.05) is 31.6 Å². The summed E-state index contributed by atoms with van der Waals surface area (Å²) in [6, 6.07) is 1.84. The van der Waals surface area contributed by atoms with E-state index in [4.69, 9.17) is 10.5 Å². The van der Waals surface area contributed by atoms with Gasteiger partial charge in [0.05, 0.1) is 7.11 Å². The molecule has 1 aromatic heterocycles. The summed E-state index contributed by atoms with van der Waals surface area (Å²) >= 11 is 0. The molecule has 5 heteroatoms. The van der Waals surface area contributed by atoms with Crippen molar-refractivity contribution < 1.29 is 4.74 Å². The quantitative estimate of drug-likeness (QED) is 0.847. The number of hydrogen-bond acceptors (Lipinski definition) is 5. The zero-order chi connectivity index (χ0) is 12.3. The zero-order valence-electron chi connectivity index (χ0n) is 10.5. The largest absolute Gasteiger partial charge is 0.481 e. The zero-order valence-corrected chi connectivity index (χ0v) is 10.5. The lowest BCUT2D eigenvalue weighted by Gasteiger charge is -2.32. The summed E-state index contributed by atoms with van der Waals surface area (Å²) < 4.78 is 5.18. The summed E-state index contributed by atoms with van der Waals surface area (Å²) in [5, 5.41) is 0. The number of piperidine rings is 1. The number of hydrogen-bond donors (Lipinski definition) is 1. The molecule has 5 nitrogen and oxygen atoms in total. The second-order valence-corrected chi connectivity index (χ2v) is 4.54. The van der Waals surface area contributed by atoms with Crippen LogP contribution in [0, 0.1) is 12.8 Å². The summed E-state index contributed by atoms with van der Waals surface area (Å²) in [6.45, 7) is 4.64. The maximum atomic E-state index is 5.74. The van der Waals surface area contributed by atoms with Gasteiger partial charge in [-0.3, -0.25) is 0 Å². The molecule has 94 valence electrons. The van der Waals surface area contributed by atoms with Gasteiger partial charge in [0.25, 0.3) is 0 Å². The molecule has 1 saturated heterocycles. The highest BCUT2D eigenvalue weighted by Crippen LogP contribution is 2.21. The van der Waals surface area contributed by atoms with Crippen molar-refractivity contribution in [1.29, 1.82) is 0 Å². The molecule has 0 spiro atoms. The van der Waals surface area contributed by atoms with E-state index >= 15 is 0 Å². The topological polar surface area (TPSA) is 64.3 Å². The van der Waals surface area contributed by atoms with Gasteiger partial charge in [-0.2, -0.15) is 4.98 Å². The van der Waals surface area contributed by atoms with Gasteiger partial charge in [0.1, 0.15) is 0 Å². The molecule has 1 aliphatic rings. The minimum Gasteiger partial charge on any atom is -0.481 e. The fraction of sp³-hybridized carbons (Fsp3) is 0.667. The molecular formula is C12H20N4O. The maximum absolute atomic E-state index is 5.74. The van der Waals surface area contributed by atoms with E-state index in [-0.39, 0.29) is 0 Å². The summed E-state index contributed by atoms with van der Waals surface area (Å²) in [5.41, 5.74) is 6.67. The van der Waals surface area contributed by atoms with Gasteiger partial charge in [0.15, 0.2) is 0 Å². The van der Waals surface area contributed by atoms with Gasteiger partial charge < -0.3 is 15.4 Å². The second kappa shape index (κ2) is 5.31. The van der Waals surface area contributed by atoms with Crippen molar-refractivity contribution >= 4 is 5.95 Å². The lowest BCUT2D eigenvalue weighted by atomic mass is 9.99. The monoisotopic (exact) mass is 236 g/mol. The van der Waals surface area contributed by atoms with E-state index in [2.05, 4.69) is 14.9 Å². The number of nitrogens with two attached hydrogens (primary N) is 1. The van der Waals surface area contributed by atoms with Crippen LogP contribution in [-0.2, 0) is 0 Å². The molecule has 1 aromatic rings. The van der Waals surface area contributed by atoms with Crippen molar-refractivity contribution in [3.8, 4) is 5.88 Å². The van der Waals surface area contributed by atoms with Crippen LogP contribution in [0.4, 0.5) is 5.95 Å². The second-order valence-electron chi connectivity index (χ2n) is 4.54. The summed E-state index contributed by atoms with van der Waals surface area (Å²) in [4.78, 5) is 11.1. The molecule has 0 amide bonds. The van der Waals surface area contributed by atoms with Gasteiger partial charge in [-0.1, -0.05) is 0 Å². The van der Waals surface area contributed by atoms with E-state index < -0.39 is 0 Å². The molecule has 2 N–H and O–H groups in total. The Bertz CT molecular complexity index is 383. The van der Waals surface area contributed by atoms with Gasteiger partial charge in [-0.05, 0) is 32.2 Å². The number of rotatable bonds is 3. The number of anilines is 1. The third-order valence-corrected chi connectivity index (χ3v) is 3.16. The van der Waals surface area contributed by atoms with Crippen LogP contribution in [-0.4, -0.2) is 36.7 Å². The Labute approximate surface area is 102 Å².